The molecule has 1 rings (SSSR count). The SMILES string of the molecule is CCCOC(=O)/C(C)=C/OC1(O)O[C@H](CO)[C@@H](O)[C@H](O)[C@H]1O. The van der Waals surface area contributed by atoms with E-state index in [0.717, 1.165) is 6.26 Å². The van der Waals surface area contributed by atoms with Gasteiger partial charge in [0, 0.05) is 0 Å². The molecule has 0 aromatic heterocycles. The summed E-state index contributed by atoms with van der Waals surface area (Å²) in [6, 6.07) is 0. The summed E-state index contributed by atoms with van der Waals surface area (Å²) >= 11 is 0. The van der Waals surface area contributed by atoms with E-state index in [4.69, 9.17) is 19.3 Å². The quantitative estimate of drug-likeness (QED) is 0.162. The number of hydrogen-bond acceptors (Lipinski definition) is 9. The molecule has 0 aliphatic carbocycles. The average Bonchev–Trinajstić information content (AvgIpc) is 2.52. The number of hydrogen-bond donors (Lipinski definition) is 5. The third-order valence-corrected chi connectivity index (χ3v) is 3.09. The maximum atomic E-state index is 11.5. The van der Waals surface area contributed by atoms with E-state index >= 15 is 0 Å². The minimum Gasteiger partial charge on any atom is -0.462 e. The highest BCUT2D eigenvalue weighted by molar-refractivity contribution is 5.87. The van der Waals surface area contributed by atoms with Gasteiger partial charge in [-0.05, 0) is 13.3 Å². The van der Waals surface area contributed by atoms with Gasteiger partial charge in [0.15, 0.2) is 6.10 Å². The third-order valence-electron chi connectivity index (χ3n) is 3.09. The molecule has 0 saturated carbocycles. The van der Waals surface area contributed by atoms with Gasteiger partial charge in [-0.1, -0.05) is 6.92 Å². The molecule has 1 aliphatic heterocycles. The molecule has 1 aliphatic rings. The second kappa shape index (κ2) is 7.86. The highest BCUT2D eigenvalue weighted by Crippen LogP contribution is 2.29. The van der Waals surface area contributed by atoms with Gasteiger partial charge in [-0.25, -0.2) is 4.79 Å². The van der Waals surface area contributed by atoms with E-state index in [2.05, 4.69) is 0 Å². The van der Waals surface area contributed by atoms with Crippen molar-refractivity contribution in [3.05, 3.63) is 11.8 Å². The minimum absolute atomic E-state index is 0.0150. The Morgan fingerprint density at radius 2 is 1.95 bits per heavy atom. The van der Waals surface area contributed by atoms with Crippen LogP contribution in [0.25, 0.3) is 0 Å². The summed E-state index contributed by atoms with van der Waals surface area (Å²) in [6.45, 7) is 2.66. The molecule has 0 aromatic carbocycles. The Morgan fingerprint density at radius 1 is 1.32 bits per heavy atom. The maximum absolute atomic E-state index is 11.5. The highest BCUT2D eigenvalue weighted by Gasteiger charge is 2.54. The summed E-state index contributed by atoms with van der Waals surface area (Å²) in [5.41, 5.74) is -0.0150. The number of carbonyl (C=O) groups excluding carboxylic acids is 1. The molecule has 0 spiro atoms. The summed E-state index contributed by atoms with van der Waals surface area (Å²) in [7, 11) is 0. The Kier molecular flexibility index (Phi) is 6.72. The smallest absolute Gasteiger partial charge is 0.354 e. The van der Waals surface area contributed by atoms with Gasteiger partial charge in [-0.15, -0.1) is 0 Å². The van der Waals surface area contributed by atoms with E-state index in [1.165, 1.54) is 6.92 Å². The lowest BCUT2D eigenvalue weighted by atomic mass is 9.98. The van der Waals surface area contributed by atoms with Crippen molar-refractivity contribution in [2.45, 2.75) is 50.7 Å². The second-order valence-corrected chi connectivity index (χ2v) is 4.95. The van der Waals surface area contributed by atoms with Crippen LogP contribution in [0.4, 0.5) is 0 Å². The van der Waals surface area contributed by atoms with E-state index in [1.54, 1.807) is 0 Å². The zero-order valence-electron chi connectivity index (χ0n) is 12.4. The first-order valence-corrected chi connectivity index (χ1v) is 6.83. The number of esters is 1. The summed E-state index contributed by atoms with van der Waals surface area (Å²) in [5.74, 6) is -3.41. The predicted octanol–water partition coefficient (Wildman–Crippen LogP) is -2.02. The first-order chi connectivity index (χ1) is 10.3. The van der Waals surface area contributed by atoms with E-state index in [-0.39, 0.29) is 12.2 Å². The third kappa shape index (κ3) is 4.15. The van der Waals surface area contributed by atoms with Crippen LogP contribution in [0.5, 0.6) is 0 Å². The van der Waals surface area contributed by atoms with Gasteiger partial charge in [0.1, 0.15) is 18.3 Å². The summed E-state index contributed by atoms with van der Waals surface area (Å²) in [4.78, 5) is 11.5. The van der Waals surface area contributed by atoms with Crippen LogP contribution < -0.4 is 0 Å². The largest absolute Gasteiger partial charge is 0.462 e. The van der Waals surface area contributed by atoms with Crippen molar-refractivity contribution in [1.82, 2.24) is 0 Å². The molecular weight excluding hydrogens is 300 g/mol. The molecule has 1 fully saturated rings. The van der Waals surface area contributed by atoms with Crippen LogP contribution in [-0.4, -0.2) is 75.1 Å². The van der Waals surface area contributed by atoms with Crippen molar-refractivity contribution in [3.63, 3.8) is 0 Å². The number of carbonyl (C=O) groups is 1. The lowest BCUT2D eigenvalue weighted by molar-refractivity contribution is -0.435. The second-order valence-electron chi connectivity index (χ2n) is 4.95. The Hall–Kier alpha value is -1.23. The summed E-state index contributed by atoms with van der Waals surface area (Å²) in [6.07, 6.45) is -5.36. The van der Waals surface area contributed by atoms with Crippen molar-refractivity contribution in [2.24, 2.45) is 0 Å². The molecule has 0 amide bonds. The summed E-state index contributed by atoms with van der Waals surface area (Å²) < 4.78 is 14.5. The Morgan fingerprint density at radius 3 is 2.50 bits per heavy atom. The zero-order valence-corrected chi connectivity index (χ0v) is 12.4. The Bertz CT molecular complexity index is 408. The number of aliphatic hydroxyl groups is 5. The predicted molar refractivity (Wildman–Crippen MR) is 71.0 cm³/mol. The van der Waals surface area contributed by atoms with Crippen LogP contribution in [0, 0.1) is 0 Å². The van der Waals surface area contributed by atoms with Crippen LogP contribution in [0.3, 0.4) is 0 Å². The number of rotatable bonds is 6. The number of aliphatic hydroxyl groups excluding tert-OH is 4. The normalized spacial score (nSPS) is 36.0. The maximum Gasteiger partial charge on any atom is 0.354 e. The first kappa shape index (κ1) is 18.8. The van der Waals surface area contributed by atoms with E-state index in [9.17, 15) is 25.2 Å². The lowest BCUT2D eigenvalue weighted by Crippen LogP contribution is -2.65. The van der Waals surface area contributed by atoms with E-state index < -0.39 is 43.0 Å². The topological polar surface area (TPSA) is 146 Å². The monoisotopic (exact) mass is 322 g/mol. The minimum atomic E-state index is -2.72. The molecule has 0 radical (unpaired) electrons. The van der Waals surface area contributed by atoms with Crippen molar-refractivity contribution >= 4 is 5.97 Å². The highest BCUT2D eigenvalue weighted by atomic mass is 16.8. The van der Waals surface area contributed by atoms with Gasteiger partial charge in [-0.2, -0.15) is 0 Å². The van der Waals surface area contributed by atoms with Crippen molar-refractivity contribution in [1.29, 1.82) is 0 Å². The fourth-order valence-electron chi connectivity index (χ4n) is 1.75. The average molecular weight is 322 g/mol. The molecule has 9 heteroatoms. The van der Waals surface area contributed by atoms with E-state index in [0.29, 0.717) is 6.42 Å². The lowest BCUT2D eigenvalue weighted by Gasteiger charge is -2.43. The molecule has 5 N–H and O–H groups in total. The van der Waals surface area contributed by atoms with Crippen molar-refractivity contribution < 1.29 is 44.5 Å². The van der Waals surface area contributed by atoms with Crippen LogP contribution in [0.15, 0.2) is 11.8 Å². The van der Waals surface area contributed by atoms with Gasteiger partial charge in [0.2, 0.25) is 0 Å². The fourth-order valence-corrected chi connectivity index (χ4v) is 1.75. The first-order valence-electron chi connectivity index (χ1n) is 6.83. The fraction of sp³-hybridized carbons (Fsp3) is 0.769. The molecule has 22 heavy (non-hydrogen) atoms. The Labute approximate surface area is 127 Å². The van der Waals surface area contributed by atoms with Crippen LogP contribution in [-0.2, 0) is 19.0 Å². The molecule has 0 aromatic rings. The van der Waals surface area contributed by atoms with Crippen LogP contribution in [0.1, 0.15) is 20.3 Å². The molecule has 9 nitrogen and oxygen atoms in total. The van der Waals surface area contributed by atoms with Crippen molar-refractivity contribution in [2.75, 3.05) is 13.2 Å². The number of ether oxygens (including phenoxy) is 3. The van der Waals surface area contributed by atoms with Gasteiger partial charge in [0.25, 0.3) is 0 Å². The molecule has 1 heterocycles. The van der Waals surface area contributed by atoms with Crippen LogP contribution in [0.2, 0.25) is 0 Å². The molecule has 128 valence electrons. The van der Waals surface area contributed by atoms with Gasteiger partial charge < -0.3 is 39.7 Å². The molecule has 1 unspecified atom stereocenters. The summed E-state index contributed by atoms with van der Waals surface area (Å²) in [5, 5.41) is 48.0. The van der Waals surface area contributed by atoms with Crippen LogP contribution >= 0.6 is 0 Å². The van der Waals surface area contributed by atoms with Gasteiger partial charge in [0.05, 0.1) is 25.0 Å². The Balaban J connectivity index is 2.78. The molecule has 0 bridgehead atoms. The zero-order chi connectivity index (χ0) is 16.9. The van der Waals surface area contributed by atoms with Gasteiger partial charge in [-0.3, -0.25) is 0 Å². The molecular formula is C13H22O9. The van der Waals surface area contributed by atoms with E-state index in [1.807, 2.05) is 6.92 Å². The standard InChI is InChI=1S/C13H22O9/c1-3-4-20-12(18)7(2)6-21-13(19)11(17)10(16)9(15)8(5-14)22-13/h6,8-11,14-17,19H,3-5H2,1-2H3/b7-6+/t8-,9-,10+,11-,13?/m1/s1. The molecule has 5 atom stereocenters. The molecule has 1 saturated heterocycles. The van der Waals surface area contributed by atoms with Crippen molar-refractivity contribution in [3.8, 4) is 0 Å². The van der Waals surface area contributed by atoms with Gasteiger partial charge >= 0.3 is 11.9 Å².